The molecule has 1 aromatic heterocycles. The second kappa shape index (κ2) is 8.73. The van der Waals surface area contributed by atoms with Gasteiger partial charge in [0.05, 0.1) is 14.2 Å². The van der Waals surface area contributed by atoms with Gasteiger partial charge in [-0.1, -0.05) is 13.8 Å². The van der Waals surface area contributed by atoms with Crippen molar-refractivity contribution in [2.24, 2.45) is 0 Å². The summed E-state index contributed by atoms with van der Waals surface area (Å²) in [6.07, 6.45) is 0. The van der Waals surface area contributed by atoms with Crippen LogP contribution < -0.4 is 14.4 Å². The van der Waals surface area contributed by atoms with Crippen molar-refractivity contribution in [3.63, 3.8) is 0 Å². The van der Waals surface area contributed by atoms with Gasteiger partial charge in [0, 0.05) is 56.0 Å². The maximum Gasteiger partial charge on any atom is 0.246 e. The predicted octanol–water partition coefficient (Wildman–Crippen LogP) is 2.58. The van der Waals surface area contributed by atoms with E-state index < -0.39 is 20.7 Å². The summed E-state index contributed by atoms with van der Waals surface area (Å²) >= 11 is 0. The highest BCUT2D eigenvalue weighted by Gasteiger charge is 2.32. The SMILES string of the molecule is COc1cc(F)c(S(=O)(=O)N2CCN(c3cc(C)nc(C(C)C)n3)CC2)cc1OC. The summed E-state index contributed by atoms with van der Waals surface area (Å²) in [4.78, 5) is 10.7. The molecule has 3 rings (SSSR count). The van der Waals surface area contributed by atoms with Gasteiger partial charge in [-0.05, 0) is 6.92 Å². The fourth-order valence-corrected chi connectivity index (χ4v) is 4.81. The van der Waals surface area contributed by atoms with Crippen LogP contribution in [0.2, 0.25) is 0 Å². The van der Waals surface area contributed by atoms with E-state index in [4.69, 9.17) is 9.47 Å². The fraction of sp³-hybridized carbons (Fsp3) is 0.500. The second-order valence-electron chi connectivity index (χ2n) is 7.41. The molecule has 0 radical (unpaired) electrons. The second-order valence-corrected chi connectivity index (χ2v) is 9.32. The maximum absolute atomic E-state index is 14.5. The number of hydrogen-bond acceptors (Lipinski definition) is 7. The Morgan fingerprint density at radius 2 is 1.60 bits per heavy atom. The third-order valence-corrected chi connectivity index (χ3v) is 6.91. The molecule has 0 amide bonds. The number of ether oxygens (including phenoxy) is 2. The summed E-state index contributed by atoms with van der Waals surface area (Å²) < 4.78 is 52.1. The summed E-state index contributed by atoms with van der Waals surface area (Å²) in [6.45, 7) is 7.30. The summed E-state index contributed by atoms with van der Waals surface area (Å²) in [5, 5.41) is 0. The molecule has 10 heteroatoms. The molecule has 164 valence electrons. The molecule has 1 fully saturated rings. The van der Waals surface area contributed by atoms with Crippen LogP contribution in [0.1, 0.15) is 31.3 Å². The molecule has 0 spiro atoms. The summed E-state index contributed by atoms with van der Waals surface area (Å²) in [5.74, 6) is 1.15. The number of sulfonamides is 1. The van der Waals surface area contributed by atoms with E-state index in [-0.39, 0.29) is 30.5 Å². The average molecular weight is 439 g/mol. The van der Waals surface area contributed by atoms with Crippen LogP contribution in [0.25, 0.3) is 0 Å². The Labute approximate surface area is 176 Å². The lowest BCUT2D eigenvalue weighted by Gasteiger charge is -2.35. The predicted molar refractivity (Wildman–Crippen MR) is 111 cm³/mol. The van der Waals surface area contributed by atoms with Crippen molar-refractivity contribution in [1.29, 1.82) is 0 Å². The lowest BCUT2D eigenvalue weighted by molar-refractivity contribution is 0.348. The molecule has 2 heterocycles. The van der Waals surface area contributed by atoms with Crippen LogP contribution in [-0.4, -0.2) is 63.1 Å². The standard InChI is InChI=1S/C20H27FN4O4S/c1-13(2)20-22-14(3)10-19(23-20)24-6-8-25(9-7-24)30(26,27)18-12-17(29-5)16(28-4)11-15(18)21/h10-13H,6-9H2,1-5H3. The molecule has 1 aliphatic heterocycles. The van der Waals surface area contributed by atoms with E-state index in [0.717, 1.165) is 23.4 Å². The molecule has 2 aromatic rings. The molecule has 0 unspecified atom stereocenters. The molecular weight excluding hydrogens is 411 g/mol. The minimum Gasteiger partial charge on any atom is -0.493 e. The molecule has 0 aliphatic carbocycles. The van der Waals surface area contributed by atoms with Gasteiger partial charge in [-0.2, -0.15) is 4.31 Å². The minimum atomic E-state index is -4.02. The zero-order valence-electron chi connectivity index (χ0n) is 17.8. The molecular formula is C20H27FN4O4S. The van der Waals surface area contributed by atoms with Gasteiger partial charge in [-0.25, -0.2) is 22.8 Å². The number of aromatic nitrogens is 2. The van der Waals surface area contributed by atoms with Crippen LogP contribution in [0.5, 0.6) is 11.5 Å². The van der Waals surface area contributed by atoms with E-state index in [1.165, 1.54) is 24.6 Å². The molecule has 8 nitrogen and oxygen atoms in total. The van der Waals surface area contributed by atoms with E-state index in [0.29, 0.717) is 13.1 Å². The van der Waals surface area contributed by atoms with Gasteiger partial charge < -0.3 is 14.4 Å². The third kappa shape index (κ3) is 4.34. The topological polar surface area (TPSA) is 84.9 Å². The van der Waals surface area contributed by atoms with Crippen LogP contribution in [0, 0.1) is 12.7 Å². The third-order valence-electron chi connectivity index (χ3n) is 4.99. The number of rotatable bonds is 6. The van der Waals surface area contributed by atoms with Gasteiger partial charge in [-0.15, -0.1) is 0 Å². The lowest BCUT2D eigenvalue weighted by Crippen LogP contribution is -2.49. The highest BCUT2D eigenvalue weighted by Crippen LogP contribution is 2.33. The molecule has 0 bridgehead atoms. The van der Waals surface area contributed by atoms with Crippen molar-refractivity contribution in [2.75, 3.05) is 45.3 Å². The van der Waals surface area contributed by atoms with Crippen molar-refractivity contribution >= 4 is 15.8 Å². The largest absolute Gasteiger partial charge is 0.493 e. The highest BCUT2D eigenvalue weighted by molar-refractivity contribution is 7.89. The number of piperazine rings is 1. The Balaban J connectivity index is 1.81. The van der Waals surface area contributed by atoms with E-state index >= 15 is 0 Å². The van der Waals surface area contributed by atoms with Crippen LogP contribution in [0.15, 0.2) is 23.1 Å². The van der Waals surface area contributed by atoms with Crippen LogP contribution in [0.4, 0.5) is 10.2 Å². The number of methoxy groups -OCH3 is 2. The molecule has 0 saturated carbocycles. The maximum atomic E-state index is 14.5. The molecule has 0 N–H and O–H groups in total. The quantitative estimate of drug-likeness (QED) is 0.685. The Morgan fingerprint density at radius 1 is 1.00 bits per heavy atom. The van der Waals surface area contributed by atoms with Crippen molar-refractivity contribution in [1.82, 2.24) is 14.3 Å². The number of aryl methyl sites for hydroxylation is 1. The minimum absolute atomic E-state index is 0.138. The number of hydrogen-bond donors (Lipinski definition) is 0. The number of benzene rings is 1. The lowest BCUT2D eigenvalue weighted by atomic mass is 10.2. The molecule has 1 aliphatic rings. The molecule has 1 aromatic carbocycles. The Kier molecular flexibility index (Phi) is 6.47. The van der Waals surface area contributed by atoms with Crippen LogP contribution >= 0.6 is 0 Å². The summed E-state index contributed by atoms with van der Waals surface area (Å²) in [6, 6.07) is 4.09. The van der Waals surface area contributed by atoms with Gasteiger partial charge in [0.15, 0.2) is 11.5 Å². The van der Waals surface area contributed by atoms with E-state index in [1.807, 2.05) is 31.7 Å². The first-order valence-corrected chi connectivity index (χ1v) is 11.1. The normalized spacial score (nSPS) is 15.5. The first-order valence-electron chi connectivity index (χ1n) is 9.69. The molecule has 1 saturated heterocycles. The van der Waals surface area contributed by atoms with Crippen LogP contribution in [0.3, 0.4) is 0 Å². The van der Waals surface area contributed by atoms with Gasteiger partial charge >= 0.3 is 0 Å². The van der Waals surface area contributed by atoms with Gasteiger partial charge in [-0.3, -0.25) is 0 Å². The first kappa shape index (κ1) is 22.2. The van der Waals surface area contributed by atoms with Gasteiger partial charge in [0.1, 0.15) is 22.4 Å². The smallest absolute Gasteiger partial charge is 0.246 e. The number of nitrogens with zero attached hydrogens (tertiary/aromatic N) is 4. The number of anilines is 1. The molecule has 30 heavy (non-hydrogen) atoms. The van der Waals surface area contributed by atoms with Gasteiger partial charge in [0.25, 0.3) is 0 Å². The van der Waals surface area contributed by atoms with Crippen LogP contribution in [-0.2, 0) is 10.0 Å². The first-order chi connectivity index (χ1) is 14.2. The average Bonchev–Trinajstić information content (AvgIpc) is 2.72. The summed E-state index contributed by atoms with van der Waals surface area (Å²) in [7, 11) is -1.28. The summed E-state index contributed by atoms with van der Waals surface area (Å²) in [5.41, 5.74) is 0.867. The number of halogens is 1. The van der Waals surface area contributed by atoms with E-state index in [9.17, 15) is 12.8 Å². The monoisotopic (exact) mass is 438 g/mol. The highest BCUT2D eigenvalue weighted by atomic mass is 32.2. The fourth-order valence-electron chi connectivity index (χ4n) is 3.32. The molecule has 0 atom stereocenters. The zero-order chi connectivity index (χ0) is 22.1. The Hall–Kier alpha value is -2.46. The van der Waals surface area contributed by atoms with Gasteiger partial charge in [0.2, 0.25) is 10.0 Å². The van der Waals surface area contributed by atoms with Crippen molar-refractivity contribution < 1.29 is 22.3 Å². The van der Waals surface area contributed by atoms with Crippen molar-refractivity contribution in [2.45, 2.75) is 31.6 Å². The van der Waals surface area contributed by atoms with Crippen molar-refractivity contribution in [3.05, 3.63) is 35.5 Å². The van der Waals surface area contributed by atoms with E-state index in [1.54, 1.807) is 0 Å². The Morgan fingerprint density at radius 3 is 2.17 bits per heavy atom. The van der Waals surface area contributed by atoms with E-state index in [2.05, 4.69) is 9.97 Å². The Bertz CT molecular complexity index is 1020. The van der Waals surface area contributed by atoms with Crippen molar-refractivity contribution in [3.8, 4) is 11.5 Å². The zero-order valence-corrected chi connectivity index (χ0v) is 18.7.